The Bertz CT molecular complexity index is 378. The number of hydrogen-bond acceptors (Lipinski definition) is 5. The number of ether oxygens (including phenoxy) is 1. The van der Waals surface area contributed by atoms with Crippen LogP contribution < -0.4 is 5.73 Å². The van der Waals surface area contributed by atoms with Gasteiger partial charge in [-0.1, -0.05) is 11.3 Å². The number of carbonyl (C=O) groups excluding carboxylic acids is 1. The van der Waals surface area contributed by atoms with Gasteiger partial charge in [-0.3, -0.25) is 4.79 Å². The highest BCUT2D eigenvalue weighted by Gasteiger charge is 2.21. The number of amides is 1. The van der Waals surface area contributed by atoms with Crippen molar-refractivity contribution in [1.82, 2.24) is 9.88 Å². The van der Waals surface area contributed by atoms with E-state index in [2.05, 4.69) is 4.98 Å². The number of nitrogen functional groups attached to an aromatic ring is 1. The second-order valence-corrected chi connectivity index (χ2v) is 4.72. The van der Waals surface area contributed by atoms with Crippen LogP contribution >= 0.6 is 11.3 Å². The summed E-state index contributed by atoms with van der Waals surface area (Å²) in [6.07, 6.45) is 0. The molecule has 1 aromatic heterocycles. The predicted molar refractivity (Wildman–Crippen MR) is 64.7 cm³/mol. The Balaban J connectivity index is 2.81. The Morgan fingerprint density at radius 1 is 1.69 bits per heavy atom. The van der Waals surface area contributed by atoms with Gasteiger partial charge in [0.15, 0.2) is 5.13 Å². The summed E-state index contributed by atoms with van der Waals surface area (Å²) >= 11 is 1.22. The van der Waals surface area contributed by atoms with Gasteiger partial charge in [0.25, 0.3) is 5.91 Å². The molecule has 1 amide bonds. The first kappa shape index (κ1) is 12.9. The van der Waals surface area contributed by atoms with Crippen molar-refractivity contribution in [3.05, 3.63) is 10.6 Å². The minimum atomic E-state index is -0.0590. The molecule has 0 radical (unpaired) electrons. The van der Waals surface area contributed by atoms with Crippen molar-refractivity contribution < 1.29 is 9.53 Å². The van der Waals surface area contributed by atoms with Gasteiger partial charge in [0, 0.05) is 14.2 Å². The highest BCUT2D eigenvalue weighted by Crippen LogP contribution is 2.21. The van der Waals surface area contributed by atoms with E-state index in [1.54, 1.807) is 26.0 Å². The number of likely N-dealkylation sites (N-methyl/N-ethyl adjacent to an activating group) is 1. The number of hydrogen-bond donors (Lipinski definition) is 1. The van der Waals surface area contributed by atoms with Crippen LogP contribution in [0.1, 0.15) is 22.3 Å². The summed E-state index contributed by atoms with van der Waals surface area (Å²) in [5, 5.41) is 0.425. The number of nitrogens with two attached hydrogens (primary N) is 1. The number of nitrogens with zero attached hydrogens (tertiary/aromatic N) is 2. The van der Waals surface area contributed by atoms with E-state index in [4.69, 9.17) is 10.5 Å². The van der Waals surface area contributed by atoms with Crippen LogP contribution in [0.3, 0.4) is 0 Å². The summed E-state index contributed by atoms with van der Waals surface area (Å²) in [5.74, 6) is -0.0590. The van der Waals surface area contributed by atoms with Crippen LogP contribution in [0.15, 0.2) is 0 Å². The van der Waals surface area contributed by atoms with Gasteiger partial charge in [-0.05, 0) is 13.8 Å². The molecule has 6 heteroatoms. The number of methoxy groups -OCH3 is 1. The lowest BCUT2D eigenvalue weighted by molar-refractivity contribution is 0.0637. The molecule has 0 bridgehead atoms. The SMILES string of the molecule is COCC(C)N(C)C(=O)c1sc(N)nc1C. The summed E-state index contributed by atoms with van der Waals surface area (Å²) in [6, 6.07) is 0.0280. The summed E-state index contributed by atoms with van der Waals surface area (Å²) in [7, 11) is 3.37. The van der Waals surface area contributed by atoms with Gasteiger partial charge in [0.1, 0.15) is 4.88 Å². The van der Waals surface area contributed by atoms with Crippen molar-refractivity contribution in [3.8, 4) is 0 Å². The average molecular weight is 243 g/mol. The normalized spacial score (nSPS) is 12.5. The van der Waals surface area contributed by atoms with Crippen LogP contribution in [0.5, 0.6) is 0 Å². The molecule has 0 aliphatic carbocycles. The molecule has 1 aromatic rings. The molecule has 1 rings (SSSR count). The van der Waals surface area contributed by atoms with Crippen LogP contribution in [0.25, 0.3) is 0 Å². The fraction of sp³-hybridized carbons (Fsp3) is 0.600. The van der Waals surface area contributed by atoms with Gasteiger partial charge in [-0.15, -0.1) is 0 Å². The van der Waals surface area contributed by atoms with Gasteiger partial charge in [0.2, 0.25) is 0 Å². The lowest BCUT2D eigenvalue weighted by Crippen LogP contribution is -2.37. The minimum absolute atomic E-state index is 0.0280. The first-order valence-corrected chi connectivity index (χ1v) is 5.78. The maximum atomic E-state index is 12.1. The first-order chi connectivity index (χ1) is 7.47. The Kier molecular flexibility index (Phi) is 4.26. The molecular formula is C10H17N3O2S. The number of aryl methyl sites for hydroxylation is 1. The zero-order chi connectivity index (χ0) is 12.3. The zero-order valence-corrected chi connectivity index (χ0v) is 10.8. The smallest absolute Gasteiger partial charge is 0.265 e. The maximum absolute atomic E-state index is 12.1. The summed E-state index contributed by atoms with van der Waals surface area (Å²) < 4.78 is 5.02. The molecule has 1 heterocycles. The number of carbonyl (C=O) groups is 1. The van der Waals surface area contributed by atoms with Gasteiger partial charge >= 0.3 is 0 Å². The molecule has 0 aliphatic rings. The van der Waals surface area contributed by atoms with E-state index < -0.39 is 0 Å². The molecule has 1 unspecified atom stereocenters. The lowest BCUT2D eigenvalue weighted by atomic mass is 10.3. The molecule has 0 spiro atoms. The fourth-order valence-corrected chi connectivity index (χ4v) is 2.15. The molecule has 1 atom stereocenters. The van der Waals surface area contributed by atoms with Crippen LogP contribution in [-0.4, -0.2) is 42.6 Å². The van der Waals surface area contributed by atoms with E-state index in [0.29, 0.717) is 22.3 Å². The second-order valence-electron chi connectivity index (χ2n) is 3.69. The largest absolute Gasteiger partial charge is 0.383 e. The van der Waals surface area contributed by atoms with Crippen molar-refractivity contribution in [3.63, 3.8) is 0 Å². The first-order valence-electron chi connectivity index (χ1n) is 4.96. The molecule has 0 saturated heterocycles. The quantitative estimate of drug-likeness (QED) is 0.861. The summed E-state index contributed by atoms with van der Waals surface area (Å²) in [6.45, 7) is 4.23. The molecule has 5 nitrogen and oxygen atoms in total. The lowest BCUT2D eigenvalue weighted by Gasteiger charge is -2.23. The molecule has 16 heavy (non-hydrogen) atoms. The third-order valence-electron chi connectivity index (χ3n) is 2.40. The van der Waals surface area contributed by atoms with E-state index in [1.807, 2.05) is 6.92 Å². The van der Waals surface area contributed by atoms with Gasteiger partial charge in [-0.25, -0.2) is 4.98 Å². The van der Waals surface area contributed by atoms with Gasteiger partial charge in [-0.2, -0.15) is 0 Å². The molecule has 0 aromatic carbocycles. The number of anilines is 1. The zero-order valence-electron chi connectivity index (χ0n) is 9.98. The van der Waals surface area contributed by atoms with Crippen molar-refractivity contribution in [2.75, 3.05) is 26.5 Å². The summed E-state index contributed by atoms with van der Waals surface area (Å²) in [5.41, 5.74) is 6.25. The van der Waals surface area contributed by atoms with Crippen LogP contribution in [-0.2, 0) is 4.74 Å². The number of thiazole rings is 1. The fourth-order valence-electron chi connectivity index (χ4n) is 1.33. The average Bonchev–Trinajstić information content (AvgIpc) is 2.56. The minimum Gasteiger partial charge on any atom is -0.383 e. The van der Waals surface area contributed by atoms with E-state index in [9.17, 15) is 4.79 Å². The number of aromatic nitrogens is 1. The van der Waals surface area contributed by atoms with Crippen LogP contribution in [0, 0.1) is 6.92 Å². The van der Waals surface area contributed by atoms with Crippen molar-refractivity contribution >= 4 is 22.4 Å². The van der Waals surface area contributed by atoms with Gasteiger partial charge < -0.3 is 15.4 Å². The molecule has 0 fully saturated rings. The highest BCUT2D eigenvalue weighted by molar-refractivity contribution is 7.17. The Hall–Kier alpha value is -1.14. The van der Waals surface area contributed by atoms with E-state index in [0.717, 1.165) is 0 Å². The standard InChI is InChI=1S/C10H17N3O2S/c1-6(5-15-4)13(3)9(14)8-7(2)12-10(11)16-8/h6H,5H2,1-4H3,(H2,11,12). The monoisotopic (exact) mass is 243 g/mol. The van der Waals surface area contributed by atoms with E-state index >= 15 is 0 Å². The van der Waals surface area contributed by atoms with E-state index in [1.165, 1.54) is 11.3 Å². The Morgan fingerprint density at radius 2 is 2.31 bits per heavy atom. The third kappa shape index (κ3) is 2.70. The molecule has 0 saturated carbocycles. The van der Waals surface area contributed by atoms with Crippen LogP contribution in [0.4, 0.5) is 5.13 Å². The van der Waals surface area contributed by atoms with Gasteiger partial charge in [0.05, 0.1) is 18.3 Å². The Labute approximate surface area is 99.2 Å². The molecule has 0 aliphatic heterocycles. The Morgan fingerprint density at radius 3 is 2.75 bits per heavy atom. The van der Waals surface area contributed by atoms with Crippen molar-refractivity contribution in [2.24, 2.45) is 0 Å². The van der Waals surface area contributed by atoms with Crippen molar-refractivity contribution in [2.45, 2.75) is 19.9 Å². The molecule has 2 N–H and O–H groups in total. The van der Waals surface area contributed by atoms with Crippen LogP contribution in [0.2, 0.25) is 0 Å². The van der Waals surface area contributed by atoms with Crippen molar-refractivity contribution in [1.29, 1.82) is 0 Å². The van der Waals surface area contributed by atoms with E-state index in [-0.39, 0.29) is 11.9 Å². The molecule has 90 valence electrons. The molecular weight excluding hydrogens is 226 g/mol. The number of rotatable bonds is 4. The highest BCUT2D eigenvalue weighted by atomic mass is 32.1. The topological polar surface area (TPSA) is 68.5 Å². The second kappa shape index (κ2) is 5.27. The summed E-state index contributed by atoms with van der Waals surface area (Å²) in [4.78, 5) is 18.4. The maximum Gasteiger partial charge on any atom is 0.265 e. The predicted octanol–water partition coefficient (Wildman–Crippen LogP) is 1.14. The third-order valence-corrected chi connectivity index (χ3v) is 3.37.